The highest BCUT2D eigenvalue weighted by Crippen LogP contribution is 2.33. The van der Waals surface area contributed by atoms with Crippen LogP contribution in [0.25, 0.3) is 0 Å². The van der Waals surface area contributed by atoms with E-state index < -0.39 is 17.5 Å². The molecule has 4 N–H and O–H groups in total. The molecule has 10 heteroatoms. The van der Waals surface area contributed by atoms with Gasteiger partial charge >= 0.3 is 6.03 Å². The average Bonchev–Trinajstić information content (AvgIpc) is 3.00. The van der Waals surface area contributed by atoms with E-state index in [1.807, 2.05) is 4.90 Å². The number of para-hydroxylation sites is 2. The van der Waals surface area contributed by atoms with Gasteiger partial charge in [-0.3, -0.25) is 24.7 Å². The number of aromatic hydroxyl groups is 1. The molecule has 2 heterocycles. The molecular weight excluding hydrogens is 414 g/mol. The SMILES string of the molecule is O=C(CN1CCC(C(=O)Nc2ccccc2O)CC1)NN1C(=O)NC2(CCCCC2)C1=O. The number of carbonyl (C=O) groups excluding carboxylic acids is 4. The second-order valence-electron chi connectivity index (χ2n) is 8.81. The zero-order valence-electron chi connectivity index (χ0n) is 17.9. The number of anilines is 1. The number of urea groups is 1. The minimum atomic E-state index is -0.874. The number of piperidine rings is 1. The van der Waals surface area contributed by atoms with Crippen LogP contribution in [0.4, 0.5) is 10.5 Å². The van der Waals surface area contributed by atoms with Crippen molar-refractivity contribution in [3.8, 4) is 5.75 Å². The molecule has 32 heavy (non-hydrogen) atoms. The molecule has 1 saturated carbocycles. The van der Waals surface area contributed by atoms with Crippen LogP contribution in [-0.4, -0.2) is 63.9 Å². The van der Waals surface area contributed by atoms with Crippen LogP contribution in [0.5, 0.6) is 5.75 Å². The molecular formula is C22H29N5O5. The van der Waals surface area contributed by atoms with E-state index in [4.69, 9.17) is 0 Å². The Bertz CT molecular complexity index is 906. The van der Waals surface area contributed by atoms with E-state index >= 15 is 0 Å². The standard InChI is InChI=1S/C22H29N5O5/c28-17-7-3-2-6-16(17)23-19(30)15-8-12-26(13-9-15)14-18(29)25-27-20(31)22(24-21(27)32)10-4-1-5-11-22/h2-3,6-7,15,28H,1,4-5,8-14H2,(H,23,30)(H,24,32)(H,25,29). The van der Waals surface area contributed by atoms with E-state index in [2.05, 4.69) is 16.1 Å². The molecule has 3 fully saturated rings. The quantitative estimate of drug-likeness (QED) is 0.401. The molecule has 1 spiro atoms. The molecule has 10 nitrogen and oxygen atoms in total. The topological polar surface area (TPSA) is 131 Å². The predicted octanol–water partition coefficient (Wildman–Crippen LogP) is 1.33. The molecule has 1 aromatic carbocycles. The van der Waals surface area contributed by atoms with Gasteiger partial charge in [-0.05, 0) is 50.9 Å². The number of benzene rings is 1. The predicted molar refractivity (Wildman–Crippen MR) is 115 cm³/mol. The lowest BCUT2D eigenvalue weighted by Crippen LogP contribution is -2.53. The van der Waals surface area contributed by atoms with Crippen molar-refractivity contribution in [2.24, 2.45) is 5.92 Å². The monoisotopic (exact) mass is 443 g/mol. The molecule has 1 aliphatic carbocycles. The number of phenolic OH excluding ortho intramolecular Hbond substituents is 1. The van der Waals surface area contributed by atoms with Crippen LogP contribution in [-0.2, 0) is 14.4 Å². The largest absolute Gasteiger partial charge is 0.506 e. The number of phenols is 1. The van der Waals surface area contributed by atoms with Crippen LogP contribution >= 0.6 is 0 Å². The number of nitrogens with one attached hydrogen (secondary N) is 3. The number of hydrazine groups is 1. The van der Waals surface area contributed by atoms with Crippen LogP contribution in [0.15, 0.2) is 24.3 Å². The normalized spacial score (nSPS) is 21.4. The third kappa shape index (κ3) is 4.55. The van der Waals surface area contributed by atoms with Crippen molar-refractivity contribution < 1.29 is 24.3 Å². The first-order valence-electron chi connectivity index (χ1n) is 11.2. The summed E-state index contributed by atoms with van der Waals surface area (Å²) >= 11 is 0. The first kappa shape index (κ1) is 22.1. The van der Waals surface area contributed by atoms with Crippen LogP contribution in [0.2, 0.25) is 0 Å². The number of likely N-dealkylation sites (tertiary alicyclic amines) is 1. The Morgan fingerprint density at radius 3 is 2.47 bits per heavy atom. The molecule has 1 aromatic rings. The number of rotatable bonds is 5. The first-order valence-corrected chi connectivity index (χ1v) is 11.2. The third-order valence-corrected chi connectivity index (χ3v) is 6.59. The molecule has 0 aromatic heterocycles. The maximum absolute atomic E-state index is 12.8. The number of nitrogens with zero attached hydrogens (tertiary/aromatic N) is 2. The van der Waals surface area contributed by atoms with Crippen LogP contribution in [0, 0.1) is 5.92 Å². The molecule has 0 radical (unpaired) electrons. The van der Waals surface area contributed by atoms with Gasteiger partial charge in [0.15, 0.2) is 0 Å². The minimum Gasteiger partial charge on any atom is -0.506 e. The number of amides is 5. The molecule has 0 unspecified atom stereocenters. The van der Waals surface area contributed by atoms with Crippen molar-refractivity contribution >= 4 is 29.4 Å². The summed E-state index contributed by atoms with van der Waals surface area (Å²) in [7, 11) is 0. The fourth-order valence-corrected chi connectivity index (χ4v) is 4.75. The van der Waals surface area contributed by atoms with Crippen molar-refractivity contribution in [3.05, 3.63) is 24.3 Å². The highest BCUT2D eigenvalue weighted by atomic mass is 16.3. The van der Waals surface area contributed by atoms with E-state index in [0.29, 0.717) is 44.5 Å². The Balaban J connectivity index is 1.24. The van der Waals surface area contributed by atoms with Crippen molar-refractivity contribution in [3.63, 3.8) is 0 Å². The molecule has 0 bridgehead atoms. The van der Waals surface area contributed by atoms with Crippen molar-refractivity contribution in [2.75, 3.05) is 25.0 Å². The van der Waals surface area contributed by atoms with E-state index in [1.165, 1.54) is 6.07 Å². The maximum atomic E-state index is 12.8. The summed E-state index contributed by atoms with van der Waals surface area (Å²) in [6.45, 7) is 1.12. The molecule has 3 aliphatic rings. The van der Waals surface area contributed by atoms with Gasteiger partial charge in [0, 0.05) is 5.92 Å². The minimum absolute atomic E-state index is 0.0189. The molecule has 4 rings (SSSR count). The summed E-state index contributed by atoms with van der Waals surface area (Å²) in [6.07, 6.45) is 5.12. The fourth-order valence-electron chi connectivity index (χ4n) is 4.75. The number of hydrogen-bond acceptors (Lipinski definition) is 6. The van der Waals surface area contributed by atoms with Crippen LogP contribution < -0.4 is 16.1 Å². The number of imide groups is 1. The smallest absolute Gasteiger partial charge is 0.344 e. The molecule has 2 aliphatic heterocycles. The van der Waals surface area contributed by atoms with Gasteiger partial charge in [-0.15, -0.1) is 0 Å². The van der Waals surface area contributed by atoms with Gasteiger partial charge in [-0.25, -0.2) is 4.79 Å². The van der Waals surface area contributed by atoms with Gasteiger partial charge in [0.1, 0.15) is 11.3 Å². The van der Waals surface area contributed by atoms with Crippen molar-refractivity contribution in [1.82, 2.24) is 20.7 Å². The molecule has 0 atom stereocenters. The van der Waals surface area contributed by atoms with E-state index in [-0.39, 0.29) is 30.0 Å². The van der Waals surface area contributed by atoms with E-state index in [9.17, 15) is 24.3 Å². The Morgan fingerprint density at radius 1 is 1.09 bits per heavy atom. The lowest BCUT2D eigenvalue weighted by Gasteiger charge is -2.31. The fraction of sp³-hybridized carbons (Fsp3) is 0.545. The zero-order chi connectivity index (χ0) is 22.7. The Hall–Kier alpha value is -3.14. The lowest BCUT2D eigenvalue weighted by molar-refractivity contribution is -0.140. The second kappa shape index (κ2) is 9.15. The zero-order valence-corrected chi connectivity index (χ0v) is 17.9. The third-order valence-electron chi connectivity index (χ3n) is 6.59. The number of hydrogen-bond donors (Lipinski definition) is 4. The molecule has 172 valence electrons. The van der Waals surface area contributed by atoms with Gasteiger partial charge in [-0.1, -0.05) is 31.4 Å². The highest BCUT2D eigenvalue weighted by Gasteiger charge is 2.52. The summed E-state index contributed by atoms with van der Waals surface area (Å²) < 4.78 is 0. The Morgan fingerprint density at radius 2 is 1.78 bits per heavy atom. The lowest BCUT2D eigenvalue weighted by atomic mass is 9.82. The summed E-state index contributed by atoms with van der Waals surface area (Å²) in [6, 6.07) is 5.99. The molecule has 2 saturated heterocycles. The average molecular weight is 444 g/mol. The summed E-state index contributed by atoms with van der Waals surface area (Å²) in [5, 5.41) is 16.1. The number of carbonyl (C=O) groups is 4. The van der Waals surface area contributed by atoms with Crippen molar-refractivity contribution in [2.45, 2.75) is 50.5 Å². The van der Waals surface area contributed by atoms with Gasteiger partial charge in [0.05, 0.1) is 12.2 Å². The highest BCUT2D eigenvalue weighted by molar-refractivity contribution is 6.08. The summed E-state index contributed by atoms with van der Waals surface area (Å²) in [5.41, 5.74) is 1.96. The molecule has 5 amide bonds. The van der Waals surface area contributed by atoms with Crippen LogP contribution in [0.3, 0.4) is 0 Å². The Labute approximate surface area is 186 Å². The van der Waals surface area contributed by atoms with E-state index in [0.717, 1.165) is 24.3 Å². The Kier molecular flexibility index (Phi) is 6.31. The first-order chi connectivity index (χ1) is 15.4. The summed E-state index contributed by atoms with van der Waals surface area (Å²) in [4.78, 5) is 51.9. The maximum Gasteiger partial charge on any atom is 0.344 e. The van der Waals surface area contributed by atoms with Gasteiger partial charge < -0.3 is 15.7 Å². The van der Waals surface area contributed by atoms with E-state index in [1.54, 1.807) is 18.2 Å². The van der Waals surface area contributed by atoms with Gasteiger partial charge in [0.2, 0.25) is 5.91 Å². The van der Waals surface area contributed by atoms with Gasteiger partial charge in [0.25, 0.3) is 11.8 Å². The van der Waals surface area contributed by atoms with Crippen LogP contribution in [0.1, 0.15) is 44.9 Å². The summed E-state index contributed by atoms with van der Waals surface area (Å²) in [5.74, 6) is -1.17. The van der Waals surface area contributed by atoms with Gasteiger partial charge in [-0.2, -0.15) is 5.01 Å². The second-order valence-corrected chi connectivity index (χ2v) is 8.81. The van der Waals surface area contributed by atoms with Crippen molar-refractivity contribution in [1.29, 1.82) is 0 Å².